The van der Waals surface area contributed by atoms with E-state index in [-0.39, 0.29) is 39.4 Å². The largest absolute Gasteiger partial charge is 0.401 e. The summed E-state index contributed by atoms with van der Waals surface area (Å²) in [4.78, 5) is 33.1. The molecular weight excluding hydrogens is 378 g/mol. The van der Waals surface area contributed by atoms with Gasteiger partial charge in [0.05, 0.1) is 23.9 Å². The van der Waals surface area contributed by atoms with Crippen molar-refractivity contribution >= 4 is 23.2 Å². The minimum atomic E-state index is -4.02. The molecule has 2 saturated heterocycles. The lowest BCUT2D eigenvalue weighted by Gasteiger charge is -2.36. The van der Waals surface area contributed by atoms with E-state index in [1.54, 1.807) is 11.3 Å². The number of carbonyl (C=O) groups is 2. The van der Waals surface area contributed by atoms with Crippen molar-refractivity contribution in [2.75, 3.05) is 52.5 Å². The zero-order chi connectivity index (χ0) is 19.4. The van der Waals surface area contributed by atoms with Gasteiger partial charge in [0.1, 0.15) is 0 Å². The Bertz CT molecular complexity index is 671. The molecule has 1 aromatic heterocycles. The van der Waals surface area contributed by atoms with E-state index >= 15 is 0 Å². The van der Waals surface area contributed by atoms with Crippen LogP contribution in [0.2, 0.25) is 0 Å². The highest BCUT2D eigenvalue weighted by Gasteiger charge is 2.52. The average molecular weight is 402 g/mol. The zero-order valence-corrected chi connectivity index (χ0v) is 16.1. The number of halogens is 2. The summed E-state index contributed by atoms with van der Waals surface area (Å²) in [5, 5.41) is 3.07. The Hall–Kier alpha value is -1.65. The van der Waals surface area contributed by atoms with Crippen molar-refractivity contribution < 1.29 is 23.1 Å². The number of carbonyl (C=O) groups excluding carboxylic acids is 2. The average Bonchev–Trinajstić information content (AvgIpc) is 3.15. The highest BCUT2D eigenvalue weighted by atomic mass is 32.1. The van der Waals surface area contributed by atoms with E-state index in [9.17, 15) is 18.4 Å². The number of aryl methyl sites for hydroxylation is 1. The van der Waals surface area contributed by atoms with Crippen LogP contribution in [-0.2, 0) is 27.3 Å². The molecule has 0 aromatic carbocycles. The first-order valence-corrected chi connectivity index (χ1v) is 9.99. The van der Waals surface area contributed by atoms with Gasteiger partial charge in [-0.05, 0) is 6.42 Å². The lowest BCUT2D eigenvalue weighted by atomic mass is 10.2. The molecule has 3 heterocycles. The molecule has 0 bridgehead atoms. The second-order valence-electron chi connectivity index (χ2n) is 6.63. The number of piperazine rings is 1. The first-order chi connectivity index (χ1) is 12.9. The highest BCUT2D eigenvalue weighted by molar-refractivity contribution is 7.09. The summed E-state index contributed by atoms with van der Waals surface area (Å²) in [6, 6.07) is 0. The van der Waals surface area contributed by atoms with Crippen LogP contribution < -0.4 is 0 Å². The third kappa shape index (κ3) is 4.61. The Morgan fingerprint density at radius 3 is 2.26 bits per heavy atom. The third-order valence-electron chi connectivity index (χ3n) is 4.78. The SMILES string of the molecule is CCc1nc(CN2CCN(C(=O)C(F)(F)C(=O)N3CCOCC3)CC2)cs1. The van der Waals surface area contributed by atoms with Crippen LogP contribution >= 0.6 is 11.3 Å². The lowest BCUT2D eigenvalue weighted by molar-refractivity contribution is -0.177. The van der Waals surface area contributed by atoms with E-state index in [0.717, 1.165) is 26.9 Å². The number of morpholine rings is 1. The Morgan fingerprint density at radius 1 is 1.11 bits per heavy atom. The Balaban J connectivity index is 1.53. The molecule has 2 amide bonds. The molecule has 0 saturated carbocycles. The van der Waals surface area contributed by atoms with Crippen molar-refractivity contribution in [3.63, 3.8) is 0 Å². The van der Waals surface area contributed by atoms with Crippen molar-refractivity contribution in [3.8, 4) is 0 Å². The highest BCUT2D eigenvalue weighted by Crippen LogP contribution is 2.23. The molecule has 10 heteroatoms. The maximum absolute atomic E-state index is 14.4. The van der Waals surface area contributed by atoms with Crippen molar-refractivity contribution in [2.24, 2.45) is 0 Å². The van der Waals surface area contributed by atoms with E-state index in [4.69, 9.17) is 4.74 Å². The molecule has 0 radical (unpaired) electrons. The van der Waals surface area contributed by atoms with Gasteiger partial charge in [0, 0.05) is 51.2 Å². The Labute approximate surface area is 160 Å². The molecule has 3 rings (SSSR count). The molecule has 1 aromatic rings. The standard InChI is InChI=1S/C17H24F2N4O3S/c1-2-14-20-13(12-27-14)11-21-3-5-22(6-4-21)15(24)17(18,19)16(25)23-7-9-26-10-8-23/h12H,2-11H2,1H3. The Morgan fingerprint density at radius 2 is 1.70 bits per heavy atom. The van der Waals surface area contributed by atoms with Gasteiger partial charge >= 0.3 is 17.7 Å². The monoisotopic (exact) mass is 402 g/mol. The minimum Gasteiger partial charge on any atom is -0.378 e. The fourth-order valence-electron chi connectivity index (χ4n) is 3.18. The number of amides is 2. The number of nitrogens with zero attached hydrogens (tertiary/aromatic N) is 4. The van der Waals surface area contributed by atoms with Crippen LogP contribution in [-0.4, -0.2) is 89.9 Å². The summed E-state index contributed by atoms with van der Waals surface area (Å²) in [5.74, 6) is -6.85. The molecule has 0 N–H and O–H groups in total. The fourth-order valence-corrected chi connectivity index (χ4v) is 3.91. The molecule has 27 heavy (non-hydrogen) atoms. The van der Waals surface area contributed by atoms with Crippen LogP contribution in [0.3, 0.4) is 0 Å². The molecule has 0 spiro atoms. The number of ether oxygens (including phenoxy) is 1. The first kappa shape index (κ1) is 20.1. The molecular formula is C17H24F2N4O3S. The van der Waals surface area contributed by atoms with Gasteiger partial charge in [-0.3, -0.25) is 14.5 Å². The number of rotatable bonds is 5. The summed E-state index contributed by atoms with van der Waals surface area (Å²) in [6.07, 6.45) is 0.888. The second-order valence-corrected chi connectivity index (χ2v) is 7.58. The molecule has 0 atom stereocenters. The molecule has 150 valence electrons. The van der Waals surface area contributed by atoms with Gasteiger partial charge in [0.2, 0.25) is 0 Å². The number of aromatic nitrogens is 1. The van der Waals surface area contributed by atoms with E-state index in [2.05, 4.69) is 9.88 Å². The van der Waals surface area contributed by atoms with Crippen LogP contribution in [0.25, 0.3) is 0 Å². The first-order valence-electron chi connectivity index (χ1n) is 9.11. The number of alkyl halides is 2. The maximum Gasteiger partial charge on any atom is 0.401 e. The minimum absolute atomic E-state index is 0.0862. The lowest BCUT2D eigenvalue weighted by Crippen LogP contribution is -2.59. The van der Waals surface area contributed by atoms with Gasteiger partial charge in [-0.25, -0.2) is 4.98 Å². The summed E-state index contributed by atoms with van der Waals surface area (Å²) in [5.41, 5.74) is 0.962. The maximum atomic E-state index is 14.4. The van der Waals surface area contributed by atoms with E-state index in [0.29, 0.717) is 19.6 Å². The third-order valence-corrected chi connectivity index (χ3v) is 5.82. The van der Waals surface area contributed by atoms with Gasteiger partial charge in [0.15, 0.2) is 0 Å². The van der Waals surface area contributed by atoms with Crippen LogP contribution in [0.15, 0.2) is 5.38 Å². The Kier molecular flexibility index (Phi) is 6.38. The molecule has 2 fully saturated rings. The summed E-state index contributed by atoms with van der Waals surface area (Å²) in [6.45, 7) is 4.60. The number of hydrogen-bond acceptors (Lipinski definition) is 6. The van der Waals surface area contributed by atoms with Crippen molar-refractivity contribution in [2.45, 2.75) is 25.8 Å². The van der Waals surface area contributed by atoms with Crippen LogP contribution in [0.4, 0.5) is 8.78 Å². The van der Waals surface area contributed by atoms with E-state index in [1.165, 1.54) is 0 Å². The van der Waals surface area contributed by atoms with Crippen LogP contribution in [0, 0.1) is 0 Å². The zero-order valence-electron chi connectivity index (χ0n) is 15.3. The van der Waals surface area contributed by atoms with Gasteiger partial charge < -0.3 is 14.5 Å². The summed E-state index contributed by atoms with van der Waals surface area (Å²) >= 11 is 1.61. The molecule has 7 nitrogen and oxygen atoms in total. The van der Waals surface area contributed by atoms with Gasteiger partial charge in [-0.15, -0.1) is 11.3 Å². The fraction of sp³-hybridized carbons (Fsp3) is 0.706. The quantitative estimate of drug-likeness (QED) is 0.683. The number of thiazole rings is 1. The summed E-state index contributed by atoms with van der Waals surface area (Å²) in [7, 11) is 0. The summed E-state index contributed by atoms with van der Waals surface area (Å²) < 4.78 is 33.9. The second kappa shape index (κ2) is 8.57. The van der Waals surface area contributed by atoms with E-state index in [1.807, 2.05) is 12.3 Å². The molecule has 0 unspecified atom stereocenters. The van der Waals surface area contributed by atoms with Crippen LogP contribution in [0.5, 0.6) is 0 Å². The molecule has 2 aliphatic rings. The van der Waals surface area contributed by atoms with Crippen molar-refractivity contribution in [3.05, 3.63) is 16.1 Å². The predicted octanol–water partition coefficient (Wildman–Crippen LogP) is 0.844. The topological polar surface area (TPSA) is 66.0 Å². The van der Waals surface area contributed by atoms with Gasteiger partial charge in [0.25, 0.3) is 0 Å². The van der Waals surface area contributed by atoms with Crippen LogP contribution in [0.1, 0.15) is 17.6 Å². The normalized spacial score (nSPS) is 19.4. The smallest absolute Gasteiger partial charge is 0.378 e. The van der Waals surface area contributed by atoms with Gasteiger partial charge in [-0.2, -0.15) is 8.78 Å². The van der Waals surface area contributed by atoms with Crippen molar-refractivity contribution in [1.29, 1.82) is 0 Å². The molecule has 2 aliphatic heterocycles. The predicted molar refractivity (Wildman–Crippen MR) is 95.7 cm³/mol. The van der Waals surface area contributed by atoms with E-state index < -0.39 is 17.7 Å². The number of hydrogen-bond donors (Lipinski definition) is 0. The molecule has 0 aliphatic carbocycles. The van der Waals surface area contributed by atoms with Crippen molar-refractivity contribution in [1.82, 2.24) is 19.7 Å². The van der Waals surface area contributed by atoms with Gasteiger partial charge in [-0.1, -0.05) is 6.92 Å².